The third-order valence-corrected chi connectivity index (χ3v) is 5.50. The van der Waals surface area contributed by atoms with Crippen molar-refractivity contribution in [3.63, 3.8) is 0 Å². The van der Waals surface area contributed by atoms with E-state index < -0.39 is 0 Å². The highest BCUT2D eigenvalue weighted by atomic mass is 16.2. The van der Waals surface area contributed by atoms with E-state index in [4.69, 9.17) is 0 Å². The molecule has 0 radical (unpaired) electrons. The molecule has 5 rings (SSSR count). The third-order valence-electron chi connectivity index (χ3n) is 5.50. The van der Waals surface area contributed by atoms with Gasteiger partial charge in [0.05, 0.1) is 11.3 Å². The smallest absolute Gasteiger partial charge is 0.257 e. The van der Waals surface area contributed by atoms with Crippen molar-refractivity contribution in [3.8, 4) is 5.82 Å². The van der Waals surface area contributed by atoms with Crippen molar-refractivity contribution in [2.75, 3.05) is 13.1 Å². The van der Waals surface area contributed by atoms with Crippen molar-refractivity contribution in [2.24, 2.45) is 0 Å². The number of hydrogen-bond acceptors (Lipinski definition) is 6. The fourth-order valence-corrected chi connectivity index (χ4v) is 3.94. The highest BCUT2D eigenvalue weighted by molar-refractivity contribution is 5.96. The van der Waals surface area contributed by atoms with Crippen LogP contribution in [0, 0.1) is 13.8 Å². The normalized spacial score (nSPS) is 15.3. The molecule has 0 spiro atoms. The van der Waals surface area contributed by atoms with E-state index in [2.05, 4.69) is 30.6 Å². The molecule has 0 saturated carbocycles. The number of carbonyl (C=O) groups excluding carboxylic acids is 1. The first-order valence-electron chi connectivity index (χ1n) is 9.65. The topological polar surface area (TPSA) is 110 Å². The Morgan fingerprint density at radius 2 is 2.00 bits per heavy atom. The number of carbonyl (C=O) groups is 1. The molecular formula is C19H21N9O. The Labute approximate surface area is 166 Å². The molecule has 1 aliphatic rings. The van der Waals surface area contributed by atoms with Gasteiger partial charge in [-0.3, -0.25) is 9.89 Å². The van der Waals surface area contributed by atoms with E-state index in [1.54, 1.807) is 15.4 Å². The van der Waals surface area contributed by atoms with Crippen molar-refractivity contribution >= 4 is 11.6 Å². The number of H-pyrrole nitrogens is 1. The summed E-state index contributed by atoms with van der Waals surface area (Å²) >= 11 is 0. The molecule has 0 bridgehead atoms. The average Bonchev–Trinajstić information content (AvgIpc) is 3.48. The molecule has 10 heteroatoms. The summed E-state index contributed by atoms with van der Waals surface area (Å²) < 4.78 is 3.50. The van der Waals surface area contributed by atoms with Crippen LogP contribution in [0.25, 0.3) is 11.5 Å². The van der Waals surface area contributed by atoms with Crippen LogP contribution in [0.2, 0.25) is 0 Å². The molecule has 148 valence electrons. The second-order valence-electron chi connectivity index (χ2n) is 7.35. The van der Waals surface area contributed by atoms with Crippen LogP contribution in [0.4, 0.5) is 0 Å². The SMILES string of the molecule is Cc1n[nH]c(C)c1C(=O)N1CCC(c2nnc3ccc(-n4cccn4)nn23)CC1. The van der Waals surface area contributed by atoms with Crippen LogP contribution < -0.4 is 0 Å². The number of aryl methyl sites for hydroxylation is 2. The fraction of sp³-hybridized carbons (Fsp3) is 0.368. The van der Waals surface area contributed by atoms with Gasteiger partial charge in [0, 0.05) is 37.1 Å². The van der Waals surface area contributed by atoms with Crippen molar-refractivity contribution in [2.45, 2.75) is 32.6 Å². The van der Waals surface area contributed by atoms with Crippen molar-refractivity contribution in [1.82, 2.24) is 44.7 Å². The van der Waals surface area contributed by atoms with E-state index in [0.717, 1.165) is 30.1 Å². The number of likely N-dealkylation sites (tertiary alicyclic amines) is 1. The van der Waals surface area contributed by atoms with Gasteiger partial charge in [-0.15, -0.1) is 15.3 Å². The predicted molar refractivity (Wildman–Crippen MR) is 104 cm³/mol. The van der Waals surface area contributed by atoms with Crippen molar-refractivity contribution in [3.05, 3.63) is 53.4 Å². The number of aromatic amines is 1. The molecule has 29 heavy (non-hydrogen) atoms. The van der Waals surface area contributed by atoms with Gasteiger partial charge in [0.15, 0.2) is 17.3 Å². The van der Waals surface area contributed by atoms with Gasteiger partial charge in [0.1, 0.15) is 0 Å². The van der Waals surface area contributed by atoms with Crippen LogP contribution in [0.3, 0.4) is 0 Å². The number of rotatable bonds is 3. The second-order valence-corrected chi connectivity index (χ2v) is 7.35. The Bertz CT molecular complexity index is 1150. The highest BCUT2D eigenvalue weighted by Crippen LogP contribution is 2.28. The van der Waals surface area contributed by atoms with Crippen LogP contribution in [0.15, 0.2) is 30.6 Å². The lowest BCUT2D eigenvalue weighted by Crippen LogP contribution is -2.38. The molecule has 4 aromatic rings. The number of nitrogens with one attached hydrogen (secondary N) is 1. The molecular weight excluding hydrogens is 370 g/mol. The molecule has 10 nitrogen and oxygen atoms in total. The number of amides is 1. The molecule has 1 saturated heterocycles. The van der Waals surface area contributed by atoms with Gasteiger partial charge in [-0.05, 0) is 44.9 Å². The number of piperidine rings is 1. The number of nitrogens with zero attached hydrogens (tertiary/aromatic N) is 8. The molecule has 1 N–H and O–H groups in total. The summed E-state index contributed by atoms with van der Waals surface area (Å²) in [6, 6.07) is 5.62. The Balaban J connectivity index is 1.36. The zero-order valence-corrected chi connectivity index (χ0v) is 16.3. The number of fused-ring (bicyclic) bond motifs is 1. The zero-order chi connectivity index (χ0) is 20.0. The van der Waals surface area contributed by atoms with E-state index in [1.807, 2.05) is 43.1 Å². The molecule has 0 unspecified atom stereocenters. The predicted octanol–water partition coefficient (Wildman–Crippen LogP) is 1.67. The van der Waals surface area contributed by atoms with E-state index in [-0.39, 0.29) is 11.8 Å². The molecule has 0 aromatic carbocycles. The van der Waals surface area contributed by atoms with Gasteiger partial charge in [0.25, 0.3) is 5.91 Å². The van der Waals surface area contributed by atoms with Gasteiger partial charge in [0.2, 0.25) is 0 Å². The van der Waals surface area contributed by atoms with Crippen LogP contribution in [-0.2, 0) is 0 Å². The lowest BCUT2D eigenvalue weighted by molar-refractivity contribution is 0.0709. The molecule has 4 aromatic heterocycles. The number of hydrogen-bond donors (Lipinski definition) is 1. The van der Waals surface area contributed by atoms with Crippen LogP contribution >= 0.6 is 0 Å². The van der Waals surface area contributed by atoms with E-state index >= 15 is 0 Å². The van der Waals surface area contributed by atoms with Crippen molar-refractivity contribution in [1.29, 1.82) is 0 Å². The lowest BCUT2D eigenvalue weighted by atomic mass is 9.95. The first-order valence-corrected chi connectivity index (χ1v) is 9.65. The lowest BCUT2D eigenvalue weighted by Gasteiger charge is -2.31. The summed E-state index contributed by atoms with van der Waals surface area (Å²) in [5.41, 5.74) is 2.95. The molecule has 0 atom stereocenters. The minimum atomic E-state index is 0.0393. The Hall–Kier alpha value is -3.56. The Morgan fingerprint density at radius 1 is 1.17 bits per heavy atom. The number of aromatic nitrogens is 8. The summed E-state index contributed by atoms with van der Waals surface area (Å²) in [5.74, 6) is 1.78. The minimum Gasteiger partial charge on any atom is -0.338 e. The van der Waals surface area contributed by atoms with Gasteiger partial charge >= 0.3 is 0 Å². The largest absolute Gasteiger partial charge is 0.338 e. The third kappa shape index (κ3) is 2.96. The average molecular weight is 391 g/mol. The maximum absolute atomic E-state index is 12.9. The minimum absolute atomic E-state index is 0.0393. The standard InChI is InChI=1S/C19H21N9O/c1-12-17(13(2)22-21-12)19(29)26-10-6-14(7-11-26)18-24-23-15-4-5-16(25-28(15)18)27-9-3-8-20-27/h3-5,8-9,14H,6-7,10-11H2,1-2H3,(H,21,22). The van der Waals surface area contributed by atoms with E-state index in [9.17, 15) is 4.79 Å². The molecule has 0 aliphatic carbocycles. The second kappa shape index (κ2) is 6.80. The van der Waals surface area contributed by atoms with Crippen LogP contribution in [0.5, 0.6) is 0 Å². The Morgan fingerprint density at radius 3 is 2.69 bits per heavy atom. The summed E-state index contributed by atoms with van der Waals surface area (Å²) in [6.07, 6.45) is 5.20. The maximum Gasteiger partial charge on any atom is 0.257 e. The first-order chi connectivity index (χ1) is 14.1. The van der Waals surface area contributed by atoms with E-state index in [0.29, 0.717) is 30.1 Å². The zero-order valence-electron chi connectivity index (χ0n) is 16.3. The molecule has 5 heterocycles. The molecule has 1 amide bonds. The van der Waals surface area contributed by atoms with Crippen LogP contribution in [-0.4, -0.2) is 63.7 Å². The molecule has 1 aliphatic heterocycles. The van der Waals surface area contributed by atoms with Gasteiger partial charge < -0.3 is 4.90 Å². The Kier molecular flexibility index (Phi) is 4.11. The summed E-state index contributed by atoms with van der Waals surface area (Å²) in [4.78, 5) is 14.8. The maximum atomic E-state index is 12.9. The van der Waals surface area contributed by atoms with Crippen molar-refractivity contribution < 1.29 is 4.79 Å². The highest BCUT2D eigenvalue weighted by Gasteiger charge is 2.29. The van der Waals surface area contributed by atoms with E-state index in [1.165, 1.54) is 0 Å². The molecule has 1 fully saturated rings. The quantitative estimate of drug-likeness (QED) is 0.569. The van der Waals surface area contributed by atoms with Crippen LogP contribution in [0.1, 0.15) is 46.3 Å². The summed E-state index contributed by atoms with van der Waals surface area (Å²) in [6.45, 7) is 5.07. The fourth-order valence-electron chi connectivity index (χ4n) is 3.94. The summed E-state index contributed by atoms with van der Waals surface area (Å²) in [7, 11) is 0. The monoisotopic (exact) mass is 391 g/mol. The summed E-state index contributed by atoms with van der Waals surface area (Å²) in [5, 5.41) is 24.6. The van der Waals surface area contributed by atoms with Gasteiger partial charge in [-0.25, -0.2) is 4.68 Å². The first kappa shape index (κ1) is 17.5. The van der Waals surface area contributed by atoms with Gasteiger partial charge in [-0.1, -0.05) is 0 Å². The van der Waals surface area contributed by atoms with Gasteiger partial charge in [-0.2, -0.15) is 14.7 Å².